The lowest BCUT2D eigenvalue weighted by atomic mass is 10.2. The Balaban J connectivity index is 1.44. The molecule has 28 heavy (non-hydrogen) atoms. The van der Waals surface area contributed by atoms with Crippen LogP contribution in [0.1, 0.15) is 12.7 Å². The van der Waals surface area contributed by atoms with Gasteiger partial charge in [-0.25, -0.2) is 4.98 Å². The highest BCUT2D eigenvalue weighted by Crippen LogP contribution is 2.34. The lowest BCUT2D eigenvalue weighted by Crippen LogP contribution is -2.24. The van der Waals surface area contributed by atoms with Crippen LogP contribution in [0.25, 0.3) is 11.0 Å². The lowest BCUT2D eigenvalue weighted by molar-refractivity contribution is 0.0929. The highest BCUT2D eigenvalue weighted by atomic mass is 16.6. The first kappa shape index (κ1) is 18.4. The topological polar surface area (TPSA) is 75.0 Å². The molecule has 2 aromatic carbocycles. The molecule has 0 bridgehead atoms. The maximum Gasteiger partial charge on any atom is 0.163 e. The zero-order valence-electron chi connectivity index (χ0n) is 16.1. The molecule has 1 aliphatic heterocycles. The second-order valence-corrected chi connectivity index (χ2v) is 6.62. The summed E-state index contributed by atoms with van der Waals surface area (Å²) in [4.78, 5) is 4.58. The van der Waals surface area contributed by atoms with Gasteiger partial charge in [-0.2, -0.15) is 0 Å². The third kappa shape index (κ3) is 3.84. The predicted molar refractivity (Wildman–Crippen MR) is 105 cm³/mol. The number of hydrogen-bond donors (Lipinski definition) is 1. The van der Waals surface area contributed by atoms with Crippen LogP contribution in [0.3, 0.4) is 0 Å². The van der Waals surface area contributed by atoms with E-state index in [0.29, 0.717) is 43.6 Å². The van der Waals surface area contributed by atoms with Gasteiger partial charge in [-0.15, -0.1) is 0 Å². The van der Waals surface area contributed by atoms with Crippen molar-refractivity contribution in [1.29, 1.82) is 0 Å². The van der Waals surface area contributed by atoms with Gasteiger partial charge in [-0.3, -0.25) is 0 Å². The molecule has 1 N–H and O–H groups in total. The minimum atomic E-state index is -0.684. The van der Waals surface area contributed by atoms with Gasteiger partial charge in [-0.05, 0) is 38.1 Å². The molecule has 0 unspecified atom stereocenters. The number of imidazole rings is 1. The summed E-state index contributed by atoms with van der Waals surface area (Å²) in [5, 5.41) is 10.5. The number of aliphatic hydroxyl groups excluding tert-OH is 1. The fourth-order valence-electron chi connectivity index (χ4n) is 3.27. The molecule has 1 atom stereocenters. The zero-order valence-corrected chi connectivity index (χ0v) is 16.1. The number of nitrogens with zero attached hydrogens (tertiary/aromatic N) is 2. The largest absolute Gasteiger partial charge is 0.494 e. The van der Waals surface area contributed by atoms with Crippen molar-refractivity contribution in [3.8, 4) is 23.0 Å². The van der Waals surface area contributed by atoms with Crippen molar-refractivity contribution in [3.63, 3.8) is 0 Å². The first-order valence-electron chi connectivity index (χ1n) is 9.44. The fourth-order valence-corrected chi connectivity index (χ4v) is 3.27. The van der Waals surface area contributed by atoms with E-state index >= 15 is 0 Å². The van der Waals surface area contributed by atoms with Gasteiger partial charge in [0.1, 0.15) is 43.2 Å². The van der Waals surface area contributed by atoms with Crippen molar-refractivity contribution in [1.82, 2.24) is 9.55 Å². The summed E-state index contributed by atoms with van der Waals surface area (Å²) in [6.45, 7) is 6.11. The smallest absolute Gasteiger partial charge is 0.163 e. The maximum atomic E-state index is 10.5. The minimum absolute atomic E-state index is 0.178. The van der Waals surface area contributed by atoms with E-state index < -0.39 is 6.10 Å². The molecule has 7 nitrogen and oxygen atoms in total. The average Bonchev–Trinajstić information content (AvgIpc) is 3.00. The molecule has 0 saturated heterocycles. The molecular weight excluding hydrogens is 360 g/mol. The van der Waals surface area contributed by atoms with E-state index in [0.717, 1.165) is 22.6 Å². The van der Waals surface area contributed by atoms with Crippen LogP contribution in [-0.4, -0.2) is 47.2 Å². The first-order valence-corrected chi connectivity index (χ1v) is 9.44. The average molecular weight is 384 g/mol. The molecule has 4 rings (SSSR count). The summed E-state index contributed by atoms with van der Waals surface area (Å²) in [5.74, 6) is 3.72. The molecule has 0 radical (unpaired) electrons. The van der Waals surface area contributed by atoms with Crippen LogP contribution in [0, 0.1) is 6.92 Å². The normalized spacial score (nSPS) is 14.1. The highest BCUT2D eigenvalue weighted by Gasteiger charge is 2.18. The van der Waals surface area contributed by atoms with Gasteiger partial charge >= 0.3 is 0 Å². The molecule has 0 saturated carbocycles. The first-order chi connectivity index (χ1) is 13.6. The van der Waals surface area contributed by atoms with Gasteiger partial charge in [0.25, 0.3) is 0 Å². The van der Waals surface area contributed by atoms with Crippen LogP contribution < -0.4 is 18.9 Å². The SMILES string of the molecule is CCOc1ccc(OC[C@@H](O)Cn2c(C)nc3cc4c(cc32)OCCO4)cc1. The van der Waals surface area contributed by atoms with E-state index in [1.54, 1.807) is 0 Å². The minimum Gasteiger partial charge on any atom is -0.494 e. The van der Waals surface area contributed by atoms with Gasteiger partial charge in [0, 0.05) is 12.1 Å². The van der Waals surface area contributed by atoms with Crippen LogP contribution in [0.2, 0.25) is 0 Å². The molecule has 3 aromatic rings. The van der Waals surface area contributed by atoms with Crippen molar-refractivity contribution < 1.29 is 24.1 Å². The number of aliphatic hydroxyl groups is 1. The molecule has 0 amide bonds. The van der Waals surface area contributed by atoms with E-state index in [2.05, 4.69) is 4.98 Å². The Hall–Kier alpha value is -2.93. The van der Waals surface area contributed by atoms with Crippen molar-refractivity contribution in [3.05, 3.63) is 42.2 Å². The molecule has 1 aromatic heterocycles. The zero-order chi connectivity index (χ0) is 19.5. The van der Waals surface area contributed by atoms with E-state index in [1.165, 1.54) is 0 Å². The Morgan fingerprint density at radius 2 is 1.71 bits per heavy atom. The number of aromatic nitrogens is 2. The van der Waals surface area contributed by atoms with Crippen LogP contribution in [-0.2, 0) is 6.54 Å². The van der Waals surface area contributed by atoms with Crippen molar-refractivity contribution in [2.75, 3.05) is 26.4 Å². The van der Waals surface area contributed by atoms with Crippen LogP contribution >= 0.6 is 0 Å². The summed E-state index contributed by atoms with van der Waals surface area (Å²) in [5.41, 5.74) is 1.73. The van der Waals surface area contributed by atoms with Crippen LogP contribution in [0.4, 0.5) is 0 Å². The van der Waals surface area contributed by atoms with Gasteiger partial charge in [0.15, 0.2) is 11.5 Å². The monoisotopic (exact) mass is 384 g/mol. The third-order valence-electron chi connectivity index (χ3n) is 4.57. The lowest BCUT2D eigenvalue weighted by Gasteiger charge is -2.19. The molecule has 2 heterocycles. The predicted octanol–water partition coefficient (Wildman–Crippen LogP) is 2.95. The van der Waals surface area contributed by atoms with Gasteiger partial charge in [0.2, 0.25) is 0 Å². The number of rotatable bonds is 7. The highest BCUT2D eigenvalue weighted by molar-refractivity contribution is 5.80. The Kier molecular flexibility index (Phi) is 5.25. The molecule has 0 fully saturated rings. The summed E-state index contributed by atoms with van der Waals surface area (Å²) in [6, 6.07) is 11.2. The standard InChI is InChI=1S/C21H24N2O5/c1-3-25-16-4-6-17(7-5-16)28-13-15(24)12-23-14(2)22-18-10-20-21(11-19(18)23)27-9-8-26-20/h4-7,10-11,15,24H,3,8-9,12-13H2,1-2H3/t15-/m0/s1. The van der Waals surface area contributed by atoms with E-state index in [1.807, 2.05) is 54.8 Å². The van der Waals surface area contributed by atoms with Crippen LogP contribution in [0.5, 0.6) is 23.0 Å². The van der Waals surface area contributed by atoms with E-state index in [4.69, 9.17) is 18.9 Å². The second kappa shape index (κ2) is 7.98. The molecule has 0 spiro atoms. The summed E-state index contributed by atoms with van der Waals surface area (Å²) in [6.07, 6.45) is -0.684. The number of aryl methyl sites for hydroxylation is 1. The van der Waals surface area contributed by atoms with E-state index in [-0.39, 0.29) is 6.61 Å². The van der Waals surface area contributed by atoms with Crippen LogP contribution in [0.15, 0.2) is 36.4 Å². The number of hydrogen-bond acceptors (Lipinski definition) is 6. The van der Waals surface area contributed by atoms with Crippen molar-refractivity contribution in [2.24, 2.45) is 0 Å². The maximum absolute atomic E-state index is 10.5. The Bertz CT molecular complexity index is 952. The second-order valence-electron chi connectivity index (χ2n) is 6.62. The summed E-state index contributed by atoms with van der Waals surface area (Å²) in [7, 11) is 0. The Morgan fingerprint density at radius 1 is 1.07 bits per heavy atom. The number of fused-ring (bicyclic) bond motifs is 2. The summed E-state index contributed by atoms with van der Waals surface area (Å²) >= 11 is 0. The Labute approximate surface area is 163 Å². The molecular formula is C21H24N2O5. The van der Waals surface area contributed by atoms with Crippen molar-refractivity contribution in [2.45, 2.75) is 26.5 Å². The molecule has 7 heteroatoms. The molecule has 148 valence electrons. The Morgan fingerprint density at radius 3 is 2.39 bits per heavy atom. The fraction of sp³-hybridized carbons (Fsp3) is 0.381. The van der Waals surface area contributed by atoms with Gasteiger partial charge < -0.3 is 28.6 Å². The van der Waals surface area contributed by atoms with Gasteiger partial charge in [-0.1, -0.05) is 0 Å². The molecule has 0 aliphatic carbocycles. The third-order valence-corrected chi connectivity index (χ3v) is 4.57. The van der Waals surface area contributed by atoms with E-state index in [9.17, 15) is 5.11 Å². The van der Waals surface area contributed by atoms with Crippen molar-refractivity contribution >= 4 is 11.0 Å². The number of ether oxygens (including phenoxy) is 4. The van der Waals surface area contributed by atoms with Gasteiger partial charge in [0.05, 0.1) is 24.2 Å². The molecule has 1 aliphatic rings. The summed E-state index contributed by atoms with van der Waals surface area (Å²) < 4.78 is 24.4. The number of benzene rings is 2. The quantitative estimate of drug-likeness (QED) is 0.675.